The van der Waals surface area contributed by atoms with Crippen molar-refractivity contribution in [2.24, 2.45) is 0 Å². The molecule has 2 aromatic rings. The maximum absolute atomic E-state index is 11.3. The van der Waals surface area contributed by atoms with Crippen LogP contribution in [0.3, 0.4) is 0 Å². The predicted octanol–water partition coefficient (Wildman–Crippen LogP) is 3.12. The molecule has 7 heteroatoms. The number of methoxy groups -OCH3 is 2. The van der Waals surface area contributed by atoms with Crippen LogP contribution in [0.15, 0.2) is 36.4 Å². The summed E-state index contributed by atoms with van der Waals surface area (Å²) in [5.74, 6) is 1.21. The van der Waals surface area contributed by atoms with E-state index in [1.54, 1.807) is 44.4 Å². The first-order chi connectivity index (χ1) is 11.5. The Morgan fingerprint density at radius 3 is 2.46 bits per heavy atom. The number of rotatable bonds is 6. The van der Waals surface area contributed by atoms with Crippen molar-refractivity contribution in [2.75, 3.05) is 26.2 Å². The average Bonchev–Trinajstić information content (AvgIpc) is 2.60. The van der Waals surface area contributed by atoms with Gasteiger partial charge in [0.05, 0.1) is 30.8 Å². The summed E-state index contributed by atoms with van der Waals surface area (Å²) in [5, 5.41) is 20.2. The van der Waals surface area contributed by atoms with Gasteiger partial charge in [0.25, 0.3) is 5.69 Å². The Morgan fingerprint density at radius 2 is 1.88 bits per heavy atom. The van der Waals surface area contributed by atoms with Crippen LogP contribution in [0.1, 0.15) is 11.1 Å². The lowest BCUT2D eigenvalue weighted by molar-refractivity contribution is -0.384. The molecule has 24 heavy (non-hydrogen) atoms. The minimum absolute atomic E-state index is 0.1000. The van der Waals surface area contributed by atoms with Gasteiger partial charge in [-0.3, -0.25) is 10.1 Å². The van der Waals surface area contributed by atoms with Crippen molar-refractivity contribution < 1.29 is 14.4 Å². The van der Waals surface area contributed by atoms with Crippen LogP contribution in [0.5, 0.6) is 11.5 Å². The zero-order valence-corrected chi connectivity index (χ0v) is 13.6. The molecular weight excluding hydrogens is 310 g/mol. The van der Waals surface area contributed by atoms with Gasteiger partial charge >= 0.3 is 0 Å². The molecule has 124 valence electrons. The highest BCUT2D eigenvalue weighted by Crippen LogP contribution is 2.31. The number of hydrogen-bond donors (Lipinski definition) is 0. The smallest absolute Gasteiger partial charge is 0.293 e. The van der Waals surface area contributed by atoms with Crippen LogP contribution >= 0.6 is 0 Å². The fraction of sp³-hybridized carbons (Fsp3) is 0.235. The molecule has 0 aliphatic rings. The molecule has 0 atom stereocenters. The van der Waals surface area contributed by atoms with Crippen LogP contribution in [0.4, 0.5) is 11.4 Å². The normalized spacial score (nSPS) is 9.92. The second kappa shape index (κ2) is 7.33. The third-order valence-corrected chi connectivity index (χ3v) is 3.58. The zero-order chi connectivity index (χ0) is 17.7. The van der Waals surface area contributed by atoms with Gasteiger partial charge < -0.3 is 14.4 Å². The summed E-state index contributed by atoms with van der Waals surface area (Å²) >= 11 is 0. The highest BCUT2D eigenvalue weighted by atomic mass is 16.6. The van der Waals surface area contributed by atoms with Gasteiger partial charge in [0.15, 0.2) is 11.5 Å². The van der Waals surface area contributed by atoms with Crippen molar-refractivity contribution in [2.45, 2.75) is 6.54 Å². The monoisotopic (exact) mass is 327 g/mol. The van der Waals surface area contributed by atoms with Crippen LogP contribution in [0.25, 0.3) is 0 Å². The summed E-state index contributed by atoms with van der Waals surface area (Å²) in [6.45, 7) is 0.438. The van der Waals surface area contributed by atoms with Crippen molar-refractivity contribution in [1.29, 1.82) is 5.26 Å². The number of ether oxygens (including phenoxy) is 2. The van der Waals surface area contributed by atoms with E-state index in [2.05, 4.69) is 0 Å². The van der Waals surface area contributed by atoms with Gasteiger partial charge in [-0.2, -0.15) is 5.26 Å². The summed E-state index contributed by atoms with van der Waals surface area (Å²) in [4.78, 5) is 12.5. The van der Waals surface area contributed by atoms with Crippen LogP contribution < -0.4 is 14.4 Å². The van der Waals surface area contributed by atoms with Gasteiger partial charge in [-0.15, -0.1) is 0 Å². The summed E-state index contributed by atoms with van der Waals surface area (Å²) in [5.41, 5.74) is 1.50. The SMILES string of the molecule is COc1ccc(CN(C)c2ccc(C#N)cc2[N+](=O)[O-])cc1OC. The van der Waals surface area contributed by atoms with Crippen molar-refractivity contribution >= 4 is 11.4 Å². The van der Waals surface area contributed by atoms with E-state index in [-0.39, 0.29) is 11.3 Å². The minimum Gasteiger partial charge on any atom is -0.493 e. The van der Waals surface area contributed by atoms with E-state index in [1.165, 1.54) is 6.07 Å². The second-order valence-corrected chi connectivity index (χ2v) is 5.12. The molecule has 0 heterocycles. The Morgan fingerprint density at radius 1 is 1.17 bits per heavy atom. The molecular formula is C17H17N3O4. The topological polar surface area (TPSA) is 88.6 Å². The van der Waals surface area contributed by atoms with Crippen molar-refractivity contribution in [1.82, 2.24) is 0 Å². The van der Waals surface area contributed by atoms with E-state index < -0.39 is 4.92 Å². The first-order valence-corrected chi connectivity index (χ1v) is 7.10. The van der Waals surface area contributed by atoms with E-state index in [9.17, 15) is 10.1 Å². The van der Waals surface area contributed by atoms with E-state index >= 15 is 0 Å². The molecule has 7 nitrogen and oxygen atoms in total. The highest BCUT2D eigenvalue weighted by Gasteiger charge is 2.18. The predicted molar refractivity (Wildman–Crippen MR) is 89.5 cm³/mol. The van der Waals surface area contributed by atoms with Gasteiger partial charge in [-0.05, 0) is 29.8 Å². The summed E-state index contributed by atoms with van der Waals surface area (Å²) in [7, 11) is 4.87. The molecule has 0 N–H and O–H groups in total. The van der Waals surface area contributed by atoms with E-state index in [4.69, 9.17) is 14.7 Å². The number of nitro groups is 1. The first-order valence-electron chi connectivity index (χ1n) is 7.10. The Kier molecular flexibility index (Phi) is 5.22. The molecule has 0 aliphatic heterocycles. The maximum Gasteiger partial charge on any atom is 0.293 e. The number of nitrogens with zero attached hydrogens (tertiary/aromatic N) is 3. The van der Waals surface area contributed by atoms with Crippen LogP contribution in [-0.2, 0) is 6.54 Å². The number of nitriles is 1. The summed E-state index contributed by atoms with van der Waals surface area (Å²) in [6, 6.07) is 11.8. The Hall–Kier alpha value is -3.27. The van der Waals surface area contributed by atoms with Crippen molar-refractivity contribution in [3.8, 4) is 17.6 Å². The quantitative estimate of drug-likeness (QED) is 0.598. The maximum atomic E-state index is 11.3. The molecule has 0 spiro atoms. The molecule has 2 aromatic carbocycles. The molecule has 0 saturated heterocycles. The third kappa shape index (κ3) is 3.55. The molecule has 0 fully saturated rings. The number of benzene rings is 2. The first kappa shape index (κ1) is 17.1. The second-order valence-electron chi connectivity index (χ2n) is 5.12. The number of nitro benzene ring substituents is 1. The van der Waals surface area contributed by atoms with Gasteiger partial charge in [-0.1, -0.05) is 6.07 Å². The summed E-state index contributed by atoms with van der Waals surface area (Å²) < 4.78 is 10.5. The Labute approximate surface area is 139 Å². The van der Waals surface area contributed by atoms with Crippen LogP contribution in [0.2, 0.25) is 0 Å². The van der Waals surface area contributed by atoms with E-state index in [0.29, 0.717) is 23.7 Å². The Bertz CT molecular complexity index is 799. The Balaban J connectivity index is 2.32. The van der Waals surface area contributed by atoms with Gasteiger partial charge in [0.2, 0.25) is 0 Å². The number of hydrogen-bond acceptors (Lipinski definition) is 6. The third-order valence-electron chi connectivity index (χ3n) is 3.58. The fourth-order valence-corrected chi connectivity index (χ4v) is 2.40. The lowest BCUT2D eigenvalue weighted by Crippen LogP contribution is -2.17. The molecule has 2 rings (SSSR count). The van der Waals surface area contributed by atoms with Gasteiger partial charge in [0.1, 0.15) is 5.69 Å². The van der Waals surface area contributed by atoms with E-state index in [0.717, 1.165) is 5.56 Å². The summed E-state index contributed by atoms with van der Waals surface area (Å²) in [6.07, 6.45) is 0. The zero-order valence-electron chi connectivity index (χ0n) is 13.6. The average molecular weight is 327 g/mol. The largest absolute Gasteiger partial charge is 0.493 e. The van der Waals surface area contributed by atoms with Crippen LogP contribution in [0, 0.1) is 21.4 Å². The van der Waals surface area contributed by atoms with Crippen molar-refractivity contribution in [3.05, 3.63) is 57.6 Å². The fourth-order valence-electron chi connectivity index (χ4n) is 2.40. The highest BCUT2D eigenvalue weighted by molar-refractivity contribution is 5.65. The minimum atomic E-state index is -0.485. The van der Waals surface area contributed by atoms with E-state index in [1.807, 2.05) is 18.2 Å². The molecule has 0 saturated carbocycles. The standard InChI is InChI=1S/C17H17N3O4/c1-19(11-13-5-7-16(23-2)17(9-13)24-3)14-6-4-12(10-18)8-15(14)20(21)22/h4-9H,11H2,1-3H3. The lowest BCUT2D eigenvalue weighted by atomic mass is 10.1. The van der Waals surface area contributed by atoms with Crippen LogP contribution in [-0.4, -0.2) is 26.2 Å². The molecule has 0 aliphatic carbocycles. The lowest BCUT2D eigenvalue weighted by Gasteiger charge is -2.20. The van der Waals surface area contributed by atoms with Gasteiger partial charge in [-0.25, -0.2) is 0 Å². The van der Waals surface area contributed by atoms with Gasteiger partial charge in [0, 0.05) is 19.7 Å². The molecule has 0 bridgehead atoms. The molecule has 0 aromatic heterocycles. The number of anilines is 1. The molecule has 0 amide bonds. The van der Waals surface area contributed by atoms with Crippen molar-refractivity contribution in [3.63, 3.8) is 0 Å². The molecule has 0 radical (unpaired) electrons. The molecule has 0 unspecified atom stereocenters.